The van der Waals surface area contributed by atoms with Gasteiger partial charge < -0.3 is 9.47 Å². The molecule has 0 radical (unpaired) electrons. The second kappa shape index (κ2) is 15.9. The summed E-state index contributed by atoms with van der Waals surface area (Å²) in [7, 11) is 0. The van der Waals surface area contributed by atoms with E-state index in [1.54, 1.807) is 0 Å². The molecular formula is C36H68O3. The zero-order chi connectivity index (χ0) is 29.9. The molecule has 0 saturated heterocycles. The summed E-state index contributed by atoms with van der Waals surface area (Å²) >= 11 is 0. The van der Waals surface area contributed by atoms with E-state index >= 15 is 0 Å². The first kappa shape index (κ1) is 36.0. The van der Waals surface area contributed by atoms with Crippen molar-refractivity contribution in [1.82, 2.24) is 0 Å². The van der Waals surface area contributed by atoms with Gasteiger partial charge in [0.15, 0.2) is 0 Å². The molecule has 0 aromatic carbocycles. The maximum absolute atomic E-state index is 13.1. The van der Waals surface area contributed by atoms with Crippen LogP contribution in [0.2, 0.25) is 0 Å². The van der Waals surface area contributed by atoms with Crippen LogP contribution in [0.4, 0.5) is 0 Å². The van der Waals surface area contributed by atoms with Crippen molar-refractivity contribution < 1.29 is 14.3 Å². The van der Waals surface area contributed by atoms with Gasteiger partial charge in [-0.05, 0) is 92.8 Å². The van der Waals surface area contributed by atoms with Crippen molar-refractivity contribution in [2.24, 2.45) is 33.5 Å². The van der Waals surface area contributed by atoms with Gasteiger partial charge in [0, 0.05) is 5.92 Å². The Kier molecular flexibility index (Phi) is 14.7. The van der Waals surface area contributed by atoms with Gasteiger partial charge in [-0.2, -0.15) is 0 Å². The third-order valence-corrected chi connectivity index (χ3v) is 8.81. The van der Waals surface area contributed by atoms with E-state index in [0.29, 0.717) is 16.7 Å². The summed E-state index contributed by atoms with van der Waals surface area (Å²) in [5.41, 5.74) is 1.03. The summed E-state index contributed by atoms with van der Waals surface area (Å²) in [6.07, 6.45) is 15.8. The van der Waals surface area contributed by atoms with E-state index in [1.807, 2.05) is 0 Å². The van der Waals surface area contributed by atoms with Gasteiger partial charge in [0.25, 0.3) is 0 Å². The van der Waals surface area contributed by atoms with E-state index in [1.165, 1.54) is 44.9 Å². The Bertz CT molecular complexity index is 706. The van der Waals surface area contributed by atoms with Crippen LogP contribution < -0.4 is 0 Å². The fourth-order valence-electron chi connectivity index (χ4n) is 6.68. The summed E-state index contributed by atoms with van der Waals surface area (Å²) in [5.74, 6) is 1.48. The van der Waals surface area contributed by atoms with Gasteiger partial charge >= 0.3 is 5.97 Å². The highest BCUT2D eigenvalue weighted by atomic mass is 16.5. The zero-order valence-electron chi connectivity index (χ0n) is 28.3. The van der Waals surface area contributed by atoms with Gasteiger partial charge in [-0.1, -0.05) is 101 Å². The van der Waals surface area contributed by atoms with Crippen LogP contribution in [0.1, 0.15) is 166 Å². The fraction of sp³-hybridized carbons (Fsp3) is 0.917. The number of ether oxygens (including phenoxy) is 2. The Morgan fingerprint density at radius 1 is 0.897 bits per heavy atom. The number of esters is 1. The Labute approximate surface area is 244 Å². The molecule has 0 bridgehead atoms. The topological polar surface area (TPSA) is 35.5 Å². The lowest BCUT2D eigenvalue weighted by Gasteiger charge is -2.32. The van der Waals surface area contributed by atoms with Gasteiger partial charge in [0.2, 0.25) is 0 Å². The maximum atomic E-state index is 13.1. The predicted molar refractivity (Wildman–Crippen MR) is 169 cm³/mol. The largest absolute Gasteiger partial charge is 0.498 e. The first-order valence-electron chi connectivity index (χ1n) is 16.4. The molecule has 1 aliphatic carbocycles. The smallest absolute Gasteiger partial charge is 0.309 e. The standard InChI is InChI=1S/C36H68O3/c1-13-20-34(7,8)27-31(24-33(4,5)6)32(37)39-28(2)19-17-15-14-16-18-23-38-29(3)30-25-35(9,10)21-22-36(11,12)26-30/h28,30-31H,3,13-27H2,1-2,4-12H3. The summed E-state index contributed by atoms with van der Waals surface area (Å²) < 4.78 is 12.1. The maximum Gasteiger partial charge on any atom is 0.309 e. The predicted octanol–water partition coefficient (Wildman–Crippen LogP) is 11.3. The third kappa shape index (κ3) is 16.1. The molecule has 1 rings (SSSR count). The van der Waals surface area contributed by atoms with E-state index in [4.69, 9.17) is 9.47 Å². The van der Waals surface area contributed by atoms with Gasteiger partial charge in [0.05, 0.1) is 24.4 Å². The third-order valence-electron chi connectivity index (χ3n) is 8.81. The molecule has 0 spiro atoms. The zero-order valence-corrected chi connectivity index (χ0v) is 28.3. The SMILES string of the molecule is C=C(OCCCCCCCC(C)OC(=O)C(CC(C)(C)C)CC(C)(C)CCC)C1CC(C)(C)CCC(C)(C)C1. The van der Waals surface area contributed by atoms with Crippen LogP contribution in [-0.2, 0) is 14.3 Å². The molecule has 3 nitrogen and oxygen atoms in total. The number of hydrogen-bond acceptors (Lipinski definition) is 3. The Balaban J connectivity index is 2.32. The normalized spacial score (nSPS) is 19.7. The molecule has 0 amide bonds. The molecule has 1 fully saturated rings. The molecule has 0 N–H and O–H groups in total. The van der Waals surface area contributed by atoms with E-state index in [9.17, 15) is 4.79 Å². The van der Waals surface area contributed by atoms with Gasteiger partial charge in [0.1, 0.15) is 0 Å². The van der Waals surface area contributed by atoms with Gasteiger partial charge in [-0.3, -0.25) is 4.79 Å². The lowest BCUT2D eigenvalue weighted by molar-refractivity contribution is -0.156. The van der Waals surface area contributed by atoms with Crippen molar-refractivity contribution in [3.05, 3.63) is 12.3 Å². The molecule has 39 heavy (non-hydrogen) atoms. The van der Waals surface area contributed by atoms with Crippen molar-refractivity contribution in [2.75, 3.05) is 6.61 Å². The van der Waals surface area contributed by atoms with Crippen molar-refractivity contribution in [3.63, 3.8) is 0 Å². The van der Waals surface area contributed by atoms with Crippen LogP contribution >= 0.6 is 0 Å². The molecule has 0 aliphatic heterocycles. The molecule has 1 aliphatic rings. The summed E-state index contributed by atoms with van der Waals surface area (Å²) in [5, 5.41) is 0. The molecule has 0 heterocycles. The van der Waals surface area contributed by atoms with E-state index in [0.717, 1.165) is 57.3 Å². The number of rotatable bonds is 17. The van der Waals surface area contributed by atoms with Gasteiger partial charge in [-0.15, -0.1) is 0 Å². The highest BCUT2D eigenvalue weighted by molar-refractivity contribution is 5.72. The Hall–Kier alpha value is -0.990. The number of allylic oxidation sites excluding steroid dienone is 1. The molecule has 2 unspecified atom stereocenters. The summed E-state index contributed by atoms with van der Waals surface area (Å²) in [4.78, 5) is 13.1. The molecule has 0 aromatic heterocycles. The summed E-state index contributed by atoms with van der Waals surface area (Å²) in [6.45, 7) is 30.3. The minimum Gasteiger partial charge on any atom is -0.498 e. The average molecular weight is 549 g/mol. The van der Waals surface area contributed by atoms with E-state index in [2.05, 4.69) is 82.7 Å². The molecular weight excluding hydrogens is 480 g/mol. The molecule has 3 heteroatoms. The Morgan fingerprint density at radius 3 is 1.97 bits per heavy atom. The first-order chi connectivity index (χ1) is 17.8. The number of carbonyl (C=O) groups is 1. The second-order valence-corrected chi connectivity index (χ2v) is 16.6. The fourth-order valence-corrected chi connectivity index (χ4v) is 6.68. The van der Waals surface area contributed by atoms with Crippen molar-refractivity contribution in [2.45, 2.75) is 172 Å². The Morgan fingerprint density at radius 2 is 1.44 bits per heavy atom. The second-order valence-electron chi connectivity index (χ2n) is 16.6. The average Bonchev–Trinajstić information content (AvgIpc) is 2.88. The van der Waals surface area contributed by atoms with Crippen LogP contribution in [0.15, 0.2) is 12.3 Å². The van der Waals surface area contributed by atoms with E-state index < -0.39 is 0 Å². The summed E-state index contributed by atoms with van der Waals surface area (Å²) in [6, 6.07) is 0. The lowest BCUT2D eigenvalue weighted by Crippen LogP contribution is -2.30. The number of carbonyl (C=O) groups excluding carboxylic acids is 1. The van der Waals surface area contributed by atoms with Crippen LogP contribution in [0.25, 0.3) is 0 Å². The van der Waals surface area contributed by atoms with Crippen molar-refractivity contribution >= 4 is 5.97 Å². The van der Waals surface area contributed by atoms with Crippen LogP contribution in [0.3, 0.4) is 0 Å². The van der Waals surface area contributed by atoms with Crippen molar-refractivity contribution in [1.29, 1.82) is 0 Å². The minimum atomic E-state index is -0.0149. The lowest BCUT2D eigenvalue weighted by atomic mass is 9.74. The van der Waals surface area contributed by atoms with Crippen molar-refractivity contribution in [3.8, 4) is 0 Å². The quantitative estimate of drug-likeness (QED) is 0.0784. The van der Waals surface area contributed by atoms with Gasteiger partial charge in [-0.25, -0.2) is 0 Å². The van der Waals surface area contributed by atoms with Crippen LogP contribution in [-0.4, -0.2) is 18.7 Å². The highest BCUT2D eigenvalue weighted by Gasteiger charge is 2.36. The monoisotopic (exact) mass is 549 g/mol. The molecule has 2 atom stereocenters. The first-order valence-corrected chi connectivity index (χ1v) is 16.4. The molecule has 230 valence electrons. The van der Waals surface area contributed by atoms with Crippen LogP contribution in [0, 0.1) is 33.5 Å². The minimum absolute atomic E-state index is 0.00557. The molecule has 1 saturated carbocycles. The van der Waals surface area contributed by atoms with Crippen LogP contribution in [0.5, 0.6) is 0 Å². The number of hydrogen-bond donors (Lipinski definition) is 0. The highest BCUT2D eigenvalue weighted by Crippen LogP contribution is 2.47. The number of unbranched alkanes of at least 4 members (excludes halogenated alkanes) is 4. The molecule has 0 aromatic rings. The van der Waals surface area contributed by atoms with E-state index in [-0.39, 0.29) is 28.8 Å².